The Bertz CT molecular complexity index is 396. The lowest BCUT2D eigenvalue weighted by atomic mass is 10.1. The number of benzene rings is 1. The van der Waals surface area contributed by atoms with Crippen molar-refractivity contribution in [2.75, 3.05) is 34.0 Å². The lowest BCUT2D eigenvalue weighted by Gasteiger charge is -2.18. The van der Waals surface area contributed by atoms with Crippen molar-refractivity contribution in [3.05, 3.63) is 23.8 Å². The van der Waals surface area contributed by atoms with Crippen LogP contribution in [0.5, 0.6) is 11.5 Å². The Morgan fingerprint density at radius 3 is 2.52 bits per heavy atom. The second-order valence-electron chi connectivity index (χ2n) is 5.10. The van der Waals surface area contributed by atoms with Crippen LogP contribution in [-0.2, 0) is 4.74 Å². The summed E-state index contributed by atoms with van der Waals surface area (Å²) in [6.45, 7) is 6.92. The summed E-state index contributed by atoms with van der Waals surface area (Å²) in [5, 5.41) is 3.50. The number of unbranched alkanes of at least 4 members (excludes halogenated alkanes) is 1. The lowest BCUT2D eigenvalue weighted by Crippen LogP contribution is -2.21. The van der Waals surface area contributed by atoms with Crippen molar-refractivity contribution < 1.29 is 14.2 Å². The Hall–Kier alpha value is -1.26. The molecule has 0 aliphatic rings. The maximum atomic E-state index is 5.56. The molecule has 0 aliphatic heterocycles. The second kappa shape index (κ2) is 10.5. The first-order valence-electron chi connectivity index (χ1n) is 7.76. The van der Waals surface area contributed by atoms with Crippen molar-refractivity contribution in [3.63, 3.8) is 0 Å². The Morgan fingerprint density at radius 1 is 1.10 bits per heavy atom. The molecule has 0 radical (unpaired) electrons. The fourth-order valence-electron chi connectivity index (χ4n) is 2.13. The molecule has 0 aliphatic carbocycles. The molecule has 1 N–H and O–H groups in total. The first kappa shape index (κ1) is 17.8. The van der Waals surface area contributed by atoms with Crippen LogP contribution in [0.3, 0.4) is 0 Å². The molecule has 0 saturated heterocycles. The average molecular weight is 295 g/mol. The van der Waals surface area contributed by atoms with Gasteiger partial charge < -0.3 is 19.5 Å². The predicted octanol–water partition coefficient (Wildman–Crippen LogP) is 3.56. The molecular formula is C17H29NO3. The fourth-order valence-corrected chi connectivity index (χ4v) is 2.13. The van der Waals surface area contributed by atoms with Gasteiger partial charge in [-0.05, 0) is 44.5 Å². The largest absolute Gasteiger partial charge is 0.497 e. The van der Waals surface area contributed by atoms with Gasteiger partial charge in [0.15, 0.2) is 0 Å². The predicted molar refractivity (Wildman–Crippen MR) is 86.3 cm³/mol. The van der Waals surface area contributed by atoms with Gasteiger partial charge in [0.25, 0.3) is 0 Å². The van der Waals surface area contributed by atoms with Crippen molar-refractivity contribution >= 4 is 0 Å². The van der Waals surface area contributed by atoms with Gasteiger partial charge in [0, 0.05) is 24.8 Å². The molecule has 4 nitrogen and oxygen atoms in total. The van der Waals surface area contributed by atoms with Gasteiger partial charge in [0.05, 0.1) is 14.2 Å². The molecule has 0 fully saturated rings. The van der Waals surface area contributed by atoms with Crippen molar-refractivity contribution in [1.29, 1.82) is 0 Å². The highest BCUT2D eigenvalue weighted by Crippen LogP contribution is 2.29. The topological polar surface area (TPSA) is 39.7 Å². The minimum atomic E-state index is 0.214. The van der Waals surface area contributed by atoms with E-state index in [-0.39, 0.29) is 6.04 Å². The Labute approximate surface area is 128 Å². The second-order valence-corrected chi connectivity index (χ2v) is 5.10. The van der Waals surface area contributed by atoms with E-state index >= 15 is 0 Å². The van der Waals surface area contributed by atoms with Gasteiger partial charge >= 0.3 is 0 Å². The highest BCUT2D eigenvalue weighted by atomic mass is 16.5. The van der Waals surface area contributed by atoms with Gasteiger partial charge in [-0.15, -0.1) is 0 Å². The van der Waals surface area contributed by atoms with Crippen molar-refractivity contribution in [3.8, 4) is 11.5 Å². The van der Waals surface area contributed by atoms with E-state index in [2.05, 4.69) is 19.2 Å². The van der Waals surface area contributed by atoms with E-state index in [1.165, 1.54) is 6.42 Å². The number of hydrogen-bond acceptors (Lipinski definition) is 4. The molecule has 1 rings (SSSR count). The van der Waals surface area contributed by atoms with E-state index in [0.717, 1.165) is 49.7 Å². The van der Waals surface area contributed by atoms with E-state index in [1.54, 1.807) is 14.2 Å². The first-order valence-corrected chi connectivity index (χ1v) is 7.76. The number of ether oxygens (including phenoxy) is 3. The molecule has 1 aromatic rings. The standard InChI is InChI=1S/C17H29NO3/c1-5-6-11-21-12-7-10-18-14(2)16-13-15(19-3)8-9-17(16)20-4/h8-9,13-14,18H,5-7,10-12H2,1-4H3. The van der Waals surface area contributed by atoms with E-state index in [1.807, 2.05) is 18.2 Å². The summed E-state index contributed by atoms with van der Waals surface area (Å²) >= 11 is 0. The van der Waals surface area contributed by atoms with E-state index < -0.39 is 0 Å². The summed E-state index contributed by atoms with van der Waals surface area (Å²) in [4.78, 5) is 0. The Balaban J connectivity index is 2.38. The summed E-state index contributed by atoms with van der Waals surface area (Å²) < 4.78 is 16.3. The smallest absolute Gasteiger partial charge is 0.123 e. The minimum Gasteiger partial charge on any atom is -0.497 e. The van der Waals surface area contributed by atoms with Gasteiger partial charge in [-0.2, -0.15) is 0 Å². The monoisotopic (exact) mass is 295 g/mol. The maximum absolute atomic E-state index is 5.56. The molecule has 0 amide bonds. The van der Waals surface area contributed by atoms with Gasteiger partial charge in [-0.25, -0.2) is 0 Å². The van der Waals surface area contributed by atoms with Crippen LogP contribution in [0.25, 0.3) is 0 Å². The van der Waals surface area contributed by atoms with Crippen LogP contribution >= 0.6 is 0 Å². The van der Waals surface area contributed by atoms with Crippen molar-refractivity contribution in [2.45, 2.75) is 39.2 Å². The molecule has 120 valence electrons. The zero-order valence-corrected chi connectivity index (χ0v) is 13.8. The number of rotatable bonds is 11. The first-order chi connectivity index (χ1) is 10.2. The summed E-state index contributed by atoms with van der Waals surface area (Å²) in [6, 6.07) is 6.09. The molecule has 0 saturated carbocycles. The zero-order valence-electron chi connectivity index (χ0n) is 13.8. The summed E-state index contributed by atoms with van der Waals surface area (Å²) in [6.07, 6.45) is 3.34. The highest BCUT2D eigenvalue weighted by Gasteiger charge is 2.12. The summed E-state index contributed by atoms with van der Waals surface area (Å²) in [5.41, 5.74) is 1.11. The molecule has 21 heavy (non-hydrogen) atoms. The van der Waals surface area contributed by atoms with E-state index in [9.17, 15) is 0 Å². The summed E-state index contributed by atoms with van der Waals surface area (Å²) in [7, 11) is 3.37. The van der Waals surface area contributed by atoms with Crippen molar-refractivity contribution in [1.82, 2.24) is 5.32 Å². The van der Waals surface area contributed by atoms with Crippen LogP contribution in [0.1, 0.15) is 44.7 Å². The minimum absolute atomic E-state index is 0.214. The van der Waals surface area contributed by atoms with Crippen LogP contribution in [0, 0.1) is 0 Å². The third kappa shape index (κ3) is 6.36. The molecule has 1 aromatic carbocycles. The van der Waals surface area contributed by atoms with Crippen LogP contribution in [-0.4, -0.2) is 34.0 Å². The average Bonchev–Trinajstić information content (AvgIpc) is 2.53. The van der Waals surface area contributed by atoms with Crippen LogP contribution < -0.4 is 14.8 Å². The van der Waals surface area contributed by atoms with Gasteiger partial charge in [-0.3, -0.25) is 0 Å². The molecule has 1 unspecified atom stereocenters. The molecular weight excluding hydrogens is 266 g/mol. The number of nitrogens with one attached hydrogen (secondary N) is 1. The lowest BCUT2D eigenvalue weighted by molar-refractivity contribution is 0.128. The van der Waals surface area contributed by atoms with Crippen molar-refractivity contribution in [2.24, 2.45) is 0 Å². The van der Waals surface area contributed by atoms with E-state index in [0.29, 0.717) is 0 Å². The number of methoxy groups -OCH3 is 2. The van der Waals surface area contributed by atoms with Gasteiger partial charge in [0.2, 0.25) is 0 Å². The maximum Gasteiger partial charge on any atom is 0.123 e. The van der Waals surface area contributed by atoms with Gasteiger partial charge in [0.1, 0.15) is 11.5 Å². The van der Waals surface area contributed by atoms with Crippen LogP contribution in [0.15, 0.2) is 18.2 Å². The zero-order chi connectivity index (χ0) is 15.5. The molecule has 1 atom stereocenters. The molecule has 0 spiro atoms. The molecule has 0 aromatic heterocycles. The Kier molecular flexibility index (Phi) is 8.87. The third-order valence-corrected chi connectivity index (χ3v) is 3.46. The Morgan fingerprint density at radius 2 is 1.86 bits per heavy atom. The number of hydrogen-bond donors (Lipinski definition) is 1. The quantitative estimate of drug-likeness (QED) is 0.634. The van der Waals surface area contributed by atoms with Crippen LogP contribution in [0.4, 0.5) is 0 Å². The molecule has 4 heteroatoms. The SMILES string of the molecule is CCCCOCCCNC(C)c1cc(OC)ccc1OC. The summed E-state index contributed by atoms with van der Waals surface area (Å²) in [5.74, 6) is 1.73. The van der Waals surface area contributed by atoms with Crippen LogP contribution in [0.2, 0.25) is 0 Å². The van der Waals surface area contributed by atoms with Gasteiger partial charge in [-0.1, -0.05) is 13.3 Å². The normalized spacial score (nSPS) is 12.2. The fraction of sp³-hybridized carbons (Fsp3) is 0.647. The highest BCUT2D eigenvalue weighted by molar-refractivity contribution is 5.42. The molecule has 0 heterocycles. The molecule has 0 bridgehead atoms. The third-order valence-electron chi connectivity index (χ3n) is 3.46. The van der Waals surface area contributed by atoms with E-state index in [4.69, 9.17) is 14.2 Å².